The number of anilines is 2. The van der Waals surface area contributed by atoms with Crippen LogP contribution in [0.4, 0.5) is 22.7 Å². The number of rotatable bonds is 4. The van der Waals surface area contributed by atoms with Gasteiger partial charge in [-0.05, 0) is 34.6 Å². The minimum Gasteiger partial charge on any atom is -0.505 e. The monoisotopic (exact) mass is 360 g/mol. The average molecular weight is 360 g/mol. The maximum Gasteiger partial charge on any atom is 0.149 e. The van der Waals surface area contributed by atoms with E-state index >= 15 is 0 Å². The molecule has 0 heterocycles. The van der Waals surface area contributed by atoms with Crippen LogP contribution in [-0.4, -0.2) is 49.4 Å². The van der Waals surface area contributed by atoms with Crippen LogP contribution in [-0.2, 0) is 0 Å². The normalized spacial score (nSPS) is 9.12. The molecular weight excluding hydrogens is 340 g/mol. The lowest BCUT2D eigenvalue weighted by atomic mass is 10.2. The van der Waals surface area contributed by atoms with Crippen molar-refractivity contribution in [2.75, 3.05) is 38.0 Å². The van der Waals surface area contributed by atoms with Crippen molar-refractivity contribution in [3.8, 4) is 11.5 Å². The Morgan fingerprint density at radius 2 is 1.04 bits per heavy atom. The van der Waals surface area contributed by atoms with Gasteiger partial charge in [0.1, 0.15) is 22.9 Å². The summed E-state index contributed by atoms with van der Waals surface area (Å²) in [6.45, 7) is 0. The van der Waals surface area contributed by atoms with E-state index in [0.29, 0.717) is 0 Å². The van der Waals surface area contributed by atoms with Gasteiger partial charge in [0.2, 0.25) is 0 Å². The van der Waals surface area contributed by atoms with Crippen molar-refractivity contribution >= 4 is 33.7 Å². The minimum absolute atomic E-state index is 0. The van der Waals surface area contributed by atoms with Crippen LogP contribution in [0.3, 0.4) is 0 Å². The highest BCUT2D eigenvalue weighted by atomic mass is 28.1. The fourth-order valence-corrected chi connectivity index (χ4v) is 1.73. The molecule has 25 heavy (non-hydrogen) atoms. The average Bonchev–Trinajstić information content (AvgIpc) is 2.55. The molecule has 2 aromatic rings. The molecule has 0 fully saturated rings. The van der Waals surface area contributed by atoms with Gasteiger partial charge in [-0.3, -0.25) is 0 Å². The molecule has 0 aliphatic carbocycles. The van der Waals surface area contributed by atoms with Gasteiger partial charge in [0.25, 0.3) is 0 Å². The van der Waals surface area contributed by atoms with E-state index in [2.05, 4.69) is 10.4 Å². The van der Waals surface area contributed by atoms with Gasteiger partial charge in [-0.1, -0.05) is 0 Å². The Hall–Kier alpha value is -2.94. The fraction of sp³-hybridized carbons (Fsp3) is 0.250. The number of hydrogen-bond donors (Lipinski definition) is 2. The maximum atomic E-state index is 10.1. The summed E-state index contributed by atoms with van der Waals surface area (Å²) in [6.07, 6.45) is 0. The molecule has 0 unspecified atom stereocenters. The van der Waals surface area contributed by atoms with Crippen molar-refractivity contribution in [3.63, 3.8) is 0 Å². The van der Waals surface area contributed by atoms with Gasteiger partial charge in [-0.15, -0.1) is 9.81 Å². The molecule has 0 atom stereocenters. The standard InChI is InChI=1S/2C8H10N2O2.Si/c2*1-10(2)6-3-4-7(9-12)8(11)5-6;/h2*3-5,11H,1-2H3;. The van der Waals surface area contributed by atoms with Crippen molar-refractivity contribution in [2.45, 2.75) is 0 Å². The molecule has 0 aliphatic rings. The number of aromatic hydroxyl groups is 2. The van der Waals surface area contributed by atoms with Gasteiger partial charge in [0.05, 0.1) is 0 Å². The molecule has 4 radical (unpaired) electrons. The number of nitrogens with zero attached hydrogens (tertiary/aromatic N) is 4. The van der Waals surface area contributed by atoms with Crippen molar-refractivity contribution in [3.05, 3.63) is 46.2 Å². The summed E-state index contributed by atoms with van der Waals surface area (Å²) in [4.78, 5) is 23.8. The summed E-state index contributed by atoms with van der Waals surface area (Å²) in [5, 5.41) is 23.7. The minimum atomic E-state index is -0.0869. The predicted octanol–water partition coefficient (Wildman–Crippen LogP) is 3.33. The van der Waals surface area contributed by atoms with E-state index in [-0.39, 0.29) is 33.8 Å². The van der Waals surface area contributed by atoms with E-state index < -0.39 is 0 Å². The van der Waals surface area contributed by atoms with E-state index in [9.17, 15) is 20.0 Å². The summed E-state index contributed by atoms with van der Waals surface area (Å²) >= 11 is 0. The third-order valence-electron chi connectivity index (χ3n) is 3.15. The van der Waals surface area contributed by atoms with E-state index in [1.807, 2.05) is 38.0 Å². The second kappa shape index (κ2) is 10.0. The summed E-state index contributed by atoms with van der Waals surface area (Å²) < 4.78 is 0. The molecule has 2 rings (SSSR count). The van der Waals surface area contributed by atoms with Crippen molar-refractivity contribution in [2.24, 2.45) is 10.4 Å². The second-order valence-corrected chi connectivity index (χ2v) is 5.32. The summed E-state index contributed by atoms with van der Waals surface area (Å²) in [7, 11) is 7.40. The quantitative estimate of drug-likeness (QED) is 0.640. The van der Waals surface area contributed by atoms with Crippen LogP contribution in [0.15, 0.2) is 46.8 Å². The molecule has 0 saturated carbocycles. The van der Waals surface area contributed by atoms with Crippen LogP contribution in [0.5, 0.6) is 11.5 Å². The number of nitroso groups, excluding NO2 is 2. The first-order valence-corrected chi connectivity index (χ1v) is 6.97. The lowest BCUT2D eigenvalue weighted by Crippen LogP contribution is -2.07. The molecule has 0 spiro atoms. The fourth-order valence-electron chi connectivity index (χ4n) is 1.73. The molecule has 0 amide bonds. The van der Waals surface area contributed by atoms with E-state index in [4.69, 9.17) is 0 Å². The number of phenols is 2. The van der Waals surface area contributed by atoms with Crippen LogP contribution in [0.25, 0.3) is 0 Å². The first-order valence-electron chi connectivity index (χ1n) is 6.97. The summed E-state index contributed by atoms with van der Waals surface area (Å²) in [6, 6.07) is 9.40. The molecular formula is C16H20N4O4Si. The van der Waals surface area contributed by atoms with Crippen LogP contribution in [0.2, 0.25) is 0 Å². The zero-order chi connectivity index (χ0) is 18.3. The van der Waals surface area contributed by atoms with Gasteiger partial charge in [-0.2, -0.15) is 0 Å². The molecule has 0 saturated heterocycles. The van der Waals surface area contributed by atoms with Crippen LogP contribution in [0.1, 0.15) is 0 Å². The molecule has 2 N–H and O–H groups in total. The lowest BCUT2D eigenvalue weighted by Gasteiger charge is -2.12. The molecule has 2 aromatic carbocycles. The van der Waals surface area contributed by atoms with E-state index in [1.165, 1.54) is 24.3 Å². The zero-order valence-electron chi connectivity index (χ0n) is 14.5. The Labute approximate surface area is 150 Å². The van der Waals surface area contributed by atoms with E-state index in [0.717, 1.165) is 11.4 Å². The first kappa shape index (κ1) is 22.1. The Kier molecular flexibility index (Phi) is 8.85. The number of hydrogen-bond acceptors (Lipinski definition) is 8. The second-order valence-electron chi connectivity index (χ2n) is 5.32. The topological polar surface area (TPSA) is 106 Å². The Balaban J connectivity index is 0.000000443. The highest BCUT2D eigenvalue weighted by Crippen LogP contribution is 2.30. The summed E-state index contributed by atoms with van der Waals surface area (Å²) in [5.41, 5.74) is 1.81. The Morgan fingerprint density at radius 3 is 1.24 bits per heavy atom. The van der Waals surface area contributed by atoms with Gasteiger partial charge >= 0.3 is 0 Å². The van der Waals surface area contributed by atoms with E-state index in [1.54, 1.807) is 12.1 Å². The van der Waals surface area contributed by atoms with Crippen LogP contribution >= 0.6 is 0 Å². The smallest absolute Gasteiger partial charge is 0.149 e. The molecule has 0 aromatic heterocycles. The van der Waals surface area contributed by atoms with Gasteiger partial charge in [0.15, 0.2) is 0 Å². The SMILES string of the molecule is CN(C)c1ccc(N=O)c(O)c1.CN(C)c1ccc(N=O)c(O)c1.[Si]. The van der Waals surface area contributed by atoms with Gasteiger partial charge in [0, 0.05) is 62.7 Å². The molecule has 9 heteroatoms. The lowest BCUT2D eigenvalue weighted by molar-refractivity contribution is 0.476. The first-order chi connectivity index (χ1) is 11.3. The van der Waals surface area contributed by atoms with Gasteiger partial charge < -0.3 is 20.0 Å². The Morgan fingerprint density at radius 1 is 0.720 bits per heavy atom. The van der Waals surface area contributed by atoms with Gasteiger partial charge in [-0.25, -0.2) is 0 Å². The van der Waals surface area contributed by atoms with Crippen LogP contribution in [0, 0.1) is 9.81 Å². The highest BCUT2D eigenvalue weighted by Gasteiger charge is 2.03. The largest absolute Gasteiger partial charge is 0.505 e. The zero-order valence-corrected chi connectivity index (χ0v) is 15.5. The van der Waals surface area contributed by atoms with Crippen molar-refractivity contribution in [1.82, 2.24) is 0 Å². The molecule has 8 nitrogen and oxygen atoms in total. The third-order valence-corrected chi connectivity index (χ3v) is 3.15. The number of phenolic OH excluding ortho intramolecular Hbond substituents is 2. The summed E-state index contributed by atoms with van der Waals surface area (Å²) in [5.74, 6) is -0.174. The highest BCUT2D eigenvalue weighted by molar-refractivity contribution is 5.75. The van der Waals surface area contributed by atoms with Crippen molar-refractivity contribution < 1.29 is 10.2 Å². The molecule has 0 aliphatic heterocycles. The predicted molar refractivity (Wildman–Crippen MR) is 102 cm³/mol. The Bertz CT molecular complexity index is 662. The van der Waals surface area contributed by atoms with Crippen LogP contribution < -0.4 is 9.80 Å². The maximum absolute atomic E-state index is 10.1. The molecule has 132 valence electrons. The molecule has 0 bridgehead atoms. The number of benzene rings is 2. The van der Waals surface area contributed by atoms with Crippen molar-refractivity contribution in [1.29, 1.82) is 0 Å². The third kappa shape index (κ3) is 6.22.